The highest BCUT2D eigenvalue weighted by atomic mass is 79.9. The summed E-state index contributed by atoms with van der Waals surface area (Å²) < 4.78 is 0.975. The molecule has 0 aromatic heterocycles. The van der Waals surface area contributed by atoms with Gasteiger partial charge < -0.3 is 4.90 Å². The molecule has 0 bridgehead atoms. The van der Waals surface area contributed by atoms with Crippen molar-refractivity contribution < 1.29 is 4.79 Å². The largest absolute Gasteiger partial charge is 0.345 e. The van der Waals surface area contributed by atoms with Crippen LogP contribution in [0.1, 0.15) is 21.5 Å². The molecule has 1 amide bonds. The van der Waals surface area contributed by atoms with E-state index in [4.69, 9.17) is 12.6 Å². The minimum Gasteiger partial charge on any atom is -0.345 e. The molecule has 0 spiro atoms. The fourth-order valence-corrected chi connectivity index (χ4v) is 6.05. The number of nitrogens with zero attached hydrogens (tertiary/aromatic N) is 1. The number of thioether (sulfide) groups is 1. The van der Waals surface area contributed by atoms with E-state index in [-0.39, 0.29) is 15.2 Å². The number of carbonyl (C=O) groups is 1. The molecule has 2 aromatic rings. The van der Waals surface area contributed by atoms with Crippen molar-refractivity contribution in [1.82, 2.24) is 10.2 Å². The molecule has 132 valence electrons. The van der Waals surface area contributed by atoms with Crippen LogP contribution in [-0.4, -0.2) is 34.2 Å². The number of rotatable bonds is 3. The quantitative estimate of drug-likeness (QED) is 0.607. The summed E-state index contributed by atoms with van der Waals surface area (Å²) in [5.41, 5.74) is 2.36. The molecule has 3 rings (SSSR count). The van der Waals surface area contributed by atoms with Gasteiger partial charge in [0.15, 0.2) is 0 Å². The van der Waals surface area contributed by atoms with E-state index >= 15 is 0 Å². The smallest absolute Gasteiger partial charge is 0.253 e. The van der Waals surface area contributed by atoms with Gasteiger partial charge in [0.25, 0.3) is 5.91 Å². The van der Waals surface area contributed by atoms with Crippen LogP contribution in [0.3, 0.4) is 0 Å². The first kappa shape index (κ1) is 19.2. The predicted octanol–water partition coefficient (Wildman–Crippen LogP) is 4.20. The van der Waals surface area contributed by atoms with Crippen LogP contribution >= 0.6 is 52.9 Å². The highest BCUT2D eigenvalue weighted by Gasteiger charge is 2.47. The van der Waals surface area contributed by atoms with Crippen molar-refractivity contribution in [2.75, 3.05) is 14.1 Å². The Labute approximate surface area is 171 Å². The van der Waals surface area contributed by atoms with E-state index in [0.29, 0.717) is 5.56 Å². The Morgan fingerprint density at radius 1 is 1.16 bits per heavy atom. The lowest BCUT2D eigenvalue weighted by Crippen LogP contribution is -2.45. The summed E-state index contributed by atoms with van der Waals surface area (Å²) in [4.78, 5) is 13.7. The number of hydrogen-bond acceptors (Lipinski definition) is 5. The Morgan fingerprint density at radius 3 is 2.36 bits per heavy atom. The third-order valence-corrected chi connectivity index (χ3v) is 6.98. The van der Waals surface area contributed by atoms with Crippen LogP contribution in [0, 0.1) is 0 Å². The Balaban J connectivity index is 2.09. The molecule has 1 heterocycles. The molecule has 1 aliphatic heterocycles. The number of amides is 1. The van der Waals surface area contributed by atoms with Crippen molar-refractivity contribution in [2.24, 2.45) is 0 Å². The SMILES string of the molecule is CN(C)C(=O)c1ccc(C2(c3cccc(Br)c3)NC(S)SC2S)cc1. The van der Waals surface area contributed by atoms with Gasteiger partial charge in [-0.05, 0) is 35.4 Å². The second-order valence-electron chi connectivity index (χ2n) is 6.08. The van der Waals surface area contributed by atoms with Crippen LogP contribution in [-0.2, 0) is 5.54 Å². The topological polar surface area (TPSA) is 32.3 Å². The third-order valence-electron chi connectivity index (χ3n) is 4.25. The number of carbonyl (C=O) groups excluding carboxylic acids is 1. The van der Waals surface area contributed by atoms with Gasteiger partial charge in [-0.1, -0.05) is 40.2 Å². The molecular weight excluding hydrogens is 436 g/mol. The molecule has 0 radical (unpaired) electrons. The Morgan fingerprint density at radius 2 is 1.84 bits per heavy atom. The minimum absolute atomic E-state index is 0.00805. The van der Waals surface area contributed by atoms with Crippen molar-refractivity contribution >= 4 is 58.9 Å². The number of hydrogen-bond donors (Lipinski definition) is 3. The summed E-state index contributed by atoms with van der Waals surface area (Å²) in [5.74, 6) is -0.00805. The molecule has 25 heavy (non-hydrogen) atoms. The predicted molar refractivity (Wildman–Crippen MR) is 116 cm³/mol. The van der Waals surface area contributed by atoms with Crippen LogP contribution in [0.5, 0.6) is 0 Å². The number of benzene rings is 2. The van der Waals surface area contributed by atoms with Crippen molar-refractivity contribution in [2.45, 2.75) is 14.8 Å². The van der Waals surface area contributed by atoms with Crippen molar-refractivity contribution in [3.05, 3.63) is 69.7 Å². The van der Waals surface area contributed by atoms with Crippen molar-refractivity contribution in [3.8, 4) is 0 Å². The van der Waals surface area contributed by atoms with Crippen LogP contribution in [0.4, 0.5) is 0 Å². The molecule has 7 heteroatoms. The van der Waals surface area contributed by atoms with Crippen molar-refractivity contribution in [1.29, 1.82) is 0 Å². The molecule has 0 aliphatic carbocycles. The lowest BCUT2D eigenvalue weighted by atomic mass is 9.84. The highest BCUT2D eigenvalue weighted by Crippen LogP contribution is 2.49. The van der Waals surface area contributed by atoms with E-state index in [2.05, 4.69) is 46.0 Å². The lowest BCUT2D eigenvalue weighted by Gasteiger charge is -2.34. The van der Waals surface area contributed by atoms with Gasteiger partial charge in [0.1, 0.15) is 0 Å². The Bertz CT molecular complexity index is 784. The van der Waals surface area contributed by atoms with Gasteiger partial charge in [-0.15, -0.1) is 24.4 Å². The van der Waals surface area contributed by atoms with Crippen LogP contribution in [0.2, 0.25) is 0 Å². The van der Waals surface area contributed by atoms with E-state index in [1.807, 2.05) is 36.4 Å². The van der Waals surface area contributed by atoms with Gasteiger partial charge in [-0.25, -0.2) is 0 Å². The van der Waals surface area contributed by atoms with Gasteiger partial charge in [-0.3, -0.25) is 10.1 Å². The fourth-order valence-electron chi connectivity index (χ4n) is 3.01. The number of thiol groups is 2. The zero-order valence-electron chi connectivity index (χ0n) is 13.8. The summed E-state index contributed by atoms with van der Waals surface area (Å²) in [6.07, 6.45) is 0. The summed E-state index contributed by atoms with van der Waals surface area (Å²) in [6, 6.07) is 16.0. The molecule has 3 atom stereocenters. The maximum Gasteiger partial charge on any atom is 0.253 e. The van der Waals surface area contributed by atoms with Gasteiger partial charge in [0.05, 0.1) is 14.8 Å². The average Bonchev–Trinajstić information content (AvgIpc) is 2.89. The van der Waals surface area contributed by atoms with Crippen LogP contribution in [0.15, 0.2) is 53.0 Å². The average molecular weight is 455 g/mol. The summed E-state index contributed by atoms with van der Waals surface area (Å²) in [5, 5.41) is 3.58. The molecule has 3 unspecified atom stereocenters. The number of nitrogens with one attached hydrogen (secondary N) is 1. The first-order valence-corrected chi connectivity index (χ1v) is 10.5. The first-order chi connectivity index (χ1) is 11.8. The van der Waals surface area contributed by atoms with Gasteiger partial charge in [0, 0.05) is 24.1 Å². The molecule has 1 N–H and O–H groups in total. The zero-order chi connectivity index (χ0) is 18.2. The van der Waals surface area contributed by atoms with E-state index < -0.39 is 5.54 Å². The van der Waals surface area contributed by atoms with Gasteiger partial charge >= 0.3 is 0 Å². The Kier molecular flexibility index (Phi) is 5.80. The summed E-state index contributed by atoms with van der Waals surface area (Å²) >= 11 is 14.7. The standard InChI is InChI=1S/C18H19BrN2OS3/c1-21(2)15(22)11-6-8-12(9-7-11)18(16(23)25-17(24)20-18)13-4-3-5-14(19)10-13/h3-10,16-17,20,23-24H,1-2H3. The van der Waals surface area contributed by atoms with Crippen LogP contribution < -0.4 is 5.32 Å². The monoisotopic (exact) mass is 454 g/mol. The molecule has 1 saturated heterocycles. The second-order valence-corrected chi connectivity index (χ2v) is 9.94. The molecular formula is C18H19BrN2OS3. The number of halogens is 1. The van der Waals surface area contributed by atoms with Gasteiger partial charge in [0.2, 0.25) is 0 Å². The maximum atomic E-state index is 12.2. The zero-order valence-corrected chi connectivity index (χ0v) is 18.0. The normalized spacial score (nSPS) is 25.8. The first-order valence-electron chi connectivity index (χ1n) is 7.72. The molecule has 1 fully saturated rings. The second kappa shape index (κ2) is 7.56. The van der Waals surface area contributed by atoms with E-state index in [0.717, 1.165) is 15.6 Å². The van der Waals surface area contributed by atoms with Gasteiger partial charge in [-0.2, -0.15) is 12.6 Å². The summed E-state index contributed by atoms with van der Waals surface area (Å²) in [7, 11) is 3.51. The van der Waals surface area contributed by atoms with E-state index in [1.165, 1.54) is 0 Å². The maximum absolute atomic E-state index is 12.2. The van der Waals surface area contributed by atoms with E-state index in [9.17, 15) is 4.79 Å². The molecule has 0 saturated carbocycles. The molecule has 1 aliphatic rings. The minimum atomic E-state index is -0.482. The highest BCUT2D eigenvalue weighted by molar-refractivity contribution is 9.10. The molecule has 2 aromatic carbocycles. The summed E-state index contributed by atoms with van der Waals surface area (Å²) in [6.45, 7) is 0. The Hall–Kier alpha value is -0.600. The fraction of sp³-hybridized carbons (Fsp3) is 0.278. The van der Waals surface area contributed by atoms with Crippen molar-refractivity contribution in [3.63, 3.8) is 0 Å². The lowest BCUT2D eigenvalue weighted by molar-refractivity contribution is 0.0827. The third kappa shape index (κ3) is 3.62. The van der Waals surface area contributed by atoms with E-state index in [1.54, 1.807) is 30.8 Å². The van der Waals surface area contributed by atoms with Crippen LogP contribution in [0.25, 0.3) is 0 Å². The molecule has 3 nitrogen and oxygen atoms in total.